The summed E-state index contributed by atoms with van der Waals surface area (Å²) in [6, 6.07) is 6.72. The molecule has 1 aromatic carbocycles. The first-order valence-electron chi connectivity index (χ1n) is 7.20. The number of aromatic nitrogens is 2. The fourth-order valence-electron chi connectivity index (χ4n) is 2.01. The van der Waals surface area contributed by atoms with Crippen LogP contribution in [-0.4, -0.2) is 35.1 Å². The number of carbonyl (C=O) groups is 2. The number of rotatable bonds is 6. The van der Waals surface area contributed by atoms with E-state index in [9.17, 15) is 14.4 Å². The maximum Gasteiger partial charge on any atom is 0.347 e. The van der Waals surface area contributed by atoms with Crippen LogP contribution < -0.4 is 16.3 Å². The van der Waals surface area contributed by atoms with Gasteiger partial charge in [-0.3, -0.25) is 14.2 Å². The number of nitrogens with zero attached hydrogens (tertiary/aromatic N) is 2. The van der Waals surface area contributed by atoms with Crippen molar-refractivity contribution in [3.63, 3.8) is 0 Å². The van der Waals surface area contributed by atoms with Gasteiger partial charge in [0.25, 0.3) is 0 Å². The molecule has 2 rings (SSSR count). The van der Waals surface area contributed by atoms with Gasteiger partial charge < -0.3 is 15.4 Å². The Labute approximate surface area is 138 Å². The zero-order valence-electron chi connectivity index (χ0n) is 13.4. The van der Waals surface area contributed by atoms with Crippen LogP contribution in [0.2, 0.25) is 0 Å². The van der Waals surface area contributed by atoms with Crippen molar-refractivity contribution in [3.8, 4) is 0 Å². The Kier molecular flexibility index (Phi) is 5.80. The second-order valence-corrected chi connectivity index (χ2v) is 5.09. The lowest BCUT2D eigenvalue weighted by Gasteiger charge is -2.12. The van der Waals surface area contributed by atoms with E-state index in [0.29, 0.717) is 11.4 Å². The number of ether oxygens (including phenoxy) is 1. The van der Waals surface area contributed by atoms with Crippen molar-refractivity contribution in [3.05, 3.63) is 52.7 Å². The number of anilines is 2. The Hall–Kier alpha value is -3.00. The first-order chi connectivity index (χ1) is 11.5. The van der Waals surface area contributed by atoms with E-state index >= 15 is 0 Å². The number of methoxy groups -OCH3 is 1. The van der Waals surface area contributed by atoms with Crippen LogP contribution in [0.1, 0.15) is 5.56 Å². The van der Waals surface area contributed by atoms with E-state index in [1.165, 1.54) is 24.1 Å². The molecule has 0 aliphatic heterocycles. The minimum Gasteiger partial charge on any atom is -0.375 e. The molecule has 126 valence electrons. The predicted octanol–water partition coefficient (Wildman–Crippen LogP) is 0.775. The lowest BCUT2D eigenvalue weighted by molar-refractivity contribution is -0.119. The summed E-state index contributed by atoms with van der Waals surface area (Å²) in [6.45, 7) is 1.62. The molecule has 0 bridgehead atoms. The lowest BCUT2D eigenvalue weighted by atomic mass is 10.1. The van der Waals surface area contributed by atoms with Gasteiger partial charge in [0.05, 0.1) is 0 Å². The van der Waals surface area contributed by atoms with Crippen LogP contribution >= 0.6 is 0 Å². The maximum absolute atomic E-state index is 12.1. The summed E-state index contributed by atoms with van der Waals surface area (Å²) in [5.41, 5.74) is 1.42. The molecule has 2 aromatic rings. The standard InChI is InChI=1S/C16H18N4O4/c1-11-4-5-12(18-15(22)10-24-2)8-13(11)19-14(21)9-20-7-3-6-17-16(20)23/h3-8H,9-10H2,1-2H3,(H,18,22)(H,19,21). The van der Waals surface area contributed by atoms with Gasteiger partial charge in [-0.05, 0) is 30.7 Å². The summed E-state index contributed by atoms with van der Waals surface area (Å²) >= 11 is 0. The second-order valence-electron chi connectivity index (χ2n) is 5.09. The van der Waals surface area contributed by atoms with E-state index in [1.54, 1.807) is 24.3 Å². The number of aryl methyl sites for hydroxylation is 1. The topological polar surface area (TPSA) is 102 Å². The minimum atomic E-state index is -0.495. The molecule has 0 radical (unpaired) electrons. The molecule has 0 unspecified atom stereocenters. The van der Waals surface area contributed by atoms with Gasteiger partial charge in [-0.25, -0.2) is 9.78 Å². The van der Waals surface area contributed by atoms with Gasteiger partial charge in [-0.2, -0.15) is 0 Å². The second kappa shape index (κ2) is 8.02. The average Bonchev–Trinajstić information content (AvgIpc) is 2.53. The molecule has 24 heavy (non-hydrogen) atoms. The Morgan fingerprint density at radius 2 is 2.04 bits per heavy atom. The van der Waals surface area contributed by atoms with Crippen LogP contribution in [-0.2, 0) is 20.9 Å². The van der Waals surface area contributed by atoms with Crippen LogP contribution in [0.4, 0.5) is 11.4 Å². The molecular weight excluding hydrogens is 312 g/mol. The number of hydrogen-bond acceptors (Lipinski definition) is 5. The van der Waals surface area contributed by atoms with Crippen molar-refractivity contribution in [1.82, 2.24) is 9.55 Å². The normalized spacial score (nSPS) is 10.2. The average molecular weight is 330 g/mol. The molecule has 0 saturated heterocycles. The number of hydrogen-bond donors (Lipinski definition) is 2. The van der Waals surface area contributed by atoms with E-state index in [1.807, 2.05) is 6.92 Å². The molecule has 2 amide bonds. The number of nitrogens with one attached hydrogen (secondary N) is 2. The Morgan fingerprint density at radius 1 is 1.25 bits per heavy atom. The van der Waals surface area contributed by atoms with E-state index in [0.717, 1.165) is 5.56 Å². The predicted molar refractivity (Wildman–Crippen MR) is 88.8 cm³/mol. The Morgan fingerprint density at radius 3 is 2.75 bits per heavy atom. The molecule has 0 atom stereocenters. The molecule has 1 aromatic heterocycles. The quantitative estimate of drug-likeness (QED) is 0.815. The zero-order valence-corrected chi connectivity index (χ0v) is 13.4. The fraction of sp³-hybridized carbons (Fsp3) is 0.250. The van der Waals surface area contributed by atoms with Crippen LogP contribution in [0.3, 0.4) is 0 Å². The fourth-order valence-corrected chi connectivity index (χ4v) is 2.01. The molecule has 0 fully saturated rings. The zero-order chi connectivity index (χ0) is 17.5. The smallest absolute Gasteiger partial charge is 0.347 e. The molecule has 1 heterocycles. The van der Waals surface area contributed by atoms with Crippen molar-refractivity contribution in [2.24, 2.45) is 0 Å². The van der Waals surface area contributed by atoms with Crippen molar-refractivity contribution in [2.75, 3.05) is 24.4 Å². The summed E-state index contributed by atoms with van der Waals surface area (Å²) < 4.78 is 5.96. The molecule has 2 N–H and O–H groups in total. The molecular formula is C16H18N4O4. The molecule has 0 saturated carbocycles. The van der Waals surface area contributed by atoms with Gasteiger partial charge in [0.15, 0.2) is 0 Å². The van der Waals surface area contributed by atoms with Gasteiger partial charge in [-0.15, -0.1) is 0 Å². The van der Waals surface area contributed by atoms with E-state index in [4.69, 9.17) is 4.74 Å². The van der Waals surface area contributed by atoms with Crippen molar-refractivity contribution < 1.29 is 14.3 Å². The molecule has 0 spiro atoms. The van der Waals surface area contributed by atoms with E-state index in [-0.39, 0.29) is 25.0 Å². The highest BCUT2D eigenvalue weighted by Gasteiger charge is 2.09. The summed E-state index contributed by atoms with van der Waals surface area (Å²) in [7, 11) is 1.43. The minimum absolute atomic E-state index is 0.0561. The van der Waals surface area contributed by atoms with Gasteiger partial charge in [0, 0.05) is 30.9 Å². The maximum atomic E-state index is 12.1. The highest BCUT2D eigenvalue weighted by molar-refractivity contribution is 5.95. The summed E-state index contributed by atoms with van der Waals surface area (Å²) in [5.74, 6) is -0.658. The number of amides is 2. The Balaban J connectivity index is 2.08. The number of benzene rings is 1. The third-order valence-corrected chi connectivity index (χ3v) is 3.17. The van der Waals surface area contributed by atoms with E-state index < -0.39 is 5.69 Å². The van der Waals surface area contributed by atoms with Gasteiger partial charge >= 0.3 is 5.69 Å². The monoisotopic (exact) mass is 330 g/mol. The SMILES string of the molecule is COCC(=O)Nc1ccc(C)c(NC(=O)Cn2cccnc2=O)c1. The molecule has 8 heteroatoms. The summed E-state index contributed by atoms with van der Waals surface area (Å²) in [4.78, 5) is 38.8. The summed E-state index contributed by atoms with van der Waals surface area (Å²) in [5, 5.41) is 5.38. The number of carbonyl (C=O) groups excluding carboxylic acids is 2. The highest BCUT2D eigenvalue weighted by atomic mass is 16.5. The van der Waals surface area contributed by atoms with Gasteiger partial charge in [-0.1, -0.05) is 6.07 Å². The molecule has 8 nitrogen and oxygen atoms in total. The van der Waals surface area contributed by atoms with Gasteiger partial charge in [0.1, 0.15) is 13.2 Å². The van der Waals surface area contributed by atoms with Crippen LogP contribution in [0.25, 0.3) is 0 Å². The van der Waals surface area contributed by atoms with Crippen LogP contribution in [0.15, 0.2) is 41.5 Å². The lowest BCUT2D eigenvalue weighted by Crippen LogP contribution is -2.28. The third-order valence-electron chi connectivity index (χ3n) is 3.17. The highest BCUT2D eigenvalue weighted by Crippen LogP contribution is 2.20. The van der Waals surface area contributed by atoms with Crippen molar-refractivity contribution >= 4 is 23.2 Å². The molecule has 0 aliphatic rings. The van der Waals surface area contributed by atoms with Crippen molar-refractivity contribution in [2.45, 2.75) is 13.5 Å². The van der Waals surface area contributed by atoms with Crippen LogP contribution in [0, 0.1) is 6.92 Å². The third kappa shape index (κ3) is 4.75. The summed E-state index contributed by atoms with van der Waals surface area (Å²) in [6.07, 6.45) is 2.86. The van der Waals surface area contributed by atoms with Crippen LogP contribution in [0.5, 0.6) is 0 Å². The first-order valence-corrected chi connectivity index (χ1v) is 7.20. The largest absolute Gasteiger partial charge is 0.375 e. The van der Waals surface area contributed by atoms with Gasteiger partial charge in [0.2, 0.25) is 11.8 Å². The Bertz CT molecular complexity index is 801. The molecule has 0 aliphatic carbocycles. The first kappa shape index (κ1) is 17.4. The van der Waals surface area contributed by atoms with E-state index in [2.05, 4.69) is 15.6 Å². The van der Waals surface area contributed by atoms with Crippen molar-refractivity contribution in [1.29, 1.82) is 0 Å².